The number of hydrogen-bond acceptors (Lipinski definition) is 11. The molecule has 3 aliphatic rings. The summed E-state index contributed by atoms with van der Waals surface area (Å²) in [6.07, 6.45) is -1.77. The molecule has 4 atom stereocenters. The first kappa shape index (κ1) is 36.3. The van der Waals surface area contributed by atoms with Crippen LogP contribution in [0.2, 0.25) is 0 Å². The van der Waals surface area contributed by atoms with Gasteiger partial charge in [0.1, 0.15) is 57.6 Å². The van der Waals surface area contributed by atoms with Gasteiger partial charge in [-0.3, -0.25) is 4.90 Å². The molecule has 2 aromatic carbocycles. The zero-order valence-corrected chi connectivity index (χ0v) is 29.6. The molecule has 2 saturated heterocycles. The highest BCUT2D eigenvalue weighted by Gasteiger charge is 2.45. The monoisotopic (exact) mass is 756 g/mol. The van der Waals surface area contributed by atoms with Gasteiger partial charge in [-0.05, 0) is 57.4 Å². The minimum absolute atomic E-state index is 0.00807. The van der Waals surface area contributed by atoms with Gasteiger partial charge in [-0.15, -0.1) is 11.3 Å². The quantitative estimate of drug-likeness (QED) is 0.175. The number of nitrogens with zero attached hydrogens (tertiary/aromatic N) is 6. The lowest BCUT2D eigenvalue weighted by molar-refractivity contribution is -0.138. The molecule has 0 radical (unpaired) electrons. The summed E-state index contributed by atoms with van der Waals surface area (Å²) in [5, 5.41) is 9.05. The number of rotatable bonds is 4. The van der Waals surface area contributed by atoms with Gasteiger partial charge in [0.2, 0.25) is 0 Å². The molecule has 17 heteroatoms. The standard InChI is InChI=1S/C29H22F5N7O2S.C7H12FN/c1-11-10-41(12(2)13-5-4-8-38-25(13)36)27-19-22(39-28(40-27)42-3)21(31)18(20(23(19)43-11)29(32,33)34)14-6-7-16(30)24-17(14)15(9-35)26(37)44-24;8-6-4-7-2-1-3-9(7)5-6/h4-8,11-12H,10,37H2,1-3H3,(H2,36,38);6-7H,1-5H2. The lowest BCUT2D eigenvalue weighted by Gasteiger charge is -2.31. The number of nitriles is 1. The third-order valence-corrected chi connectivity index (χ3v) is 11.0. The Morgan fingerprint density at radius 2 is 1.91 bits per heavy atom. The Hall–Kier alpha value is -5.08. The Balaban J connectivity index is 0.000000418. The predicted molar refractivity (Wildman–Crippen MR) is 190 cm³/mol. The van der Waals surface area contributed by atoms with Crippen molar-refractivity contribution in [2.24, 2.45) is 0 Å². The van der Waals surface area contributed by atoms with Crippen LogP contribution >= 0.6 is 11.3 Å². The highest BCUT2D eigenvalue weighted by molar-refractivity contribution is 7.23. The van der Waals surface area contributed by atoms with E-state index in [1.165, 1.54) is 26.1 Å². The zero-order valence-electron chi connectivity index (χ0n) is 28.8. The van der Waals surface area contributed by atoms with Crippen LogP contribution in [0.25, 0.3) is 32.1 Å². The van der Waals surface area contributed by atoms with Crippen molar-refractivity contribution in [3.8, 4) is 29.0 Å². The number of ether oxygens (including phenoxy) is 2. The van der Waals surface area contributed by atoms with E-state index in [4.69, 9.17) is 20.9 Å². The summed E-state index contributed by atoms with van der Waals surface area (Å²) in [6.45, 7) is 5.17. The van der Waals surface area contributed by atoms with Crippen molar-refractivity contribution in [1.82, 2.24) is 19.9 Å². The summed E-state index contributed by atoms with van der Waals surface area (Å²) in [4.78, 5) is 16.5. The minimum atomic E-state index is -5.19. The van der Waals surface area contributed by atoms with Crippen molar-refractivity contribution in [2.45, 2.75) is 63.6 Å². The molecular formula is C36H34F6N8O2S. The number of fused-ring (bicyclic) bond motifs is 2. The van der Waals surface area contributed by atoms with Crippen LogP contribution in [0.15, 0.2) is 30.5 Å². The lowest BCUT2D eigenvalue weighted by Crippen LogP contribution is -2.35. The van der Waals surface area contributed by atoms with E-state index >= 15 is 17.6 Å². The number of hydrogen-bond donors (Lipinski definition) is 2. The Kier molecular flexibility index (Phi) is 9.39. The van der Waals surface area contributed by atoms with Crippen LogP contribution in [0.4, 0.5) is 43.0 Å². The minimum Gasteiger partial charge on any atom is -0.487 e. The van der Waals surface area contributed by atoms with Crippen molar-refractivity contribution < 1.29 is 35.8 Å². The third kappa shape index (κ3) is 6.27. The van der Waals surface area contributed by atoms with Crippen molar-refractivity contribution in [3.05, 3.63) is 58.8 Å². The molecular weight excluding hydrogens is 723 g/mol. The largest absolute Gasteiger partial charge is 0.487 e. The molecule has 10 nitrogen and oxygen atoms in total. The fraction of sp³-hybridized carbons (Fsp3) is 0.389. The van der Waals surface area contributed by atoms with E-state index in [9.17, 15) is 14.0 Å². The molecule has 3 aromatic heterocycles. The molecule has 0 amide bonds. The van der Waals surface area contributed by atoms with Gasteiger partial charge in [0.15, 0.2) is 5.82 Å². The van der Waals surface area contributed by atoms with Gasteiger partial charge < -0.3 is 25.8 Å². The fourth-order valence-electron chi connectivity index (χ4n) is 7.63. The number of methoxy groups -OCH3 is 1. The molecule has 2 fully saturated rings. The summed E-state index contributed by atoms with van der Waals surface area (Å²) in [5.74, 6) is -2.84. The average Bonchev–Trinajstić information content (AvgIpc) is 3.78. The van der Waals surface area contributed by atoms with Crippen molar-refractivity contribution >= 4 is 49.0 Å². The molecule has 278 valence electrons. The normalized spacial score (nSPS) is 20.4. The van der Waals surface area contributed by atoms with Gasteiger partial charge in [-0.25, -0.2) is 18.2 Å². The van der Waals surface area contributed by atoms with Gasteiger partial charge in [0.25, 0.3) is 0 Å². The summed E-state index contributed by atoms with van der Waals surface area (Å²) >= 11 is 0.675. The predicted octanol–water partition coefficient (Wildman–Crippen LogP) is 7.79. The van der Waals surface area contributed by atoms with Crippen molar-refractivity contribution in [1.29, 1.82) is 5.26 Å². The number of halogens is 6. The van der Waals surface area contributed by atoms with Gasteiger partial charge >= 0.3 is 12.2 Å². The second-order valence-corrected chi connectivity index (χ2v) is 14.3. The topological polar surface area (TPSA) is 139 Å². The number of thiophene rings is 1. The summed E-state index contributed by atoms with van der Waals surface area (Å²) < 4.78 is 101. The number of alkyl halides is 4. The average molecular weight is 757 g/mol. The highest BCUT2D eigenvalue weighted by Crippen LogP contribution is 2.54. The number of benzene rings is 2. The van der Waals surface area contributed by atoms with E-state index in [0.717, 1.165) is 25.1 Å². The molecule has 0 spiro atoms. The number of nitrogens with two attached hydrogens (primary N) is 2. The first-order valence-electron chi connectivity index (χ1n) is 16.8. The first-order chi connectivity index (χ1) is 25.2. The van der Waals surface area contributed by atoms with Gasteiger partial charge in [-0.2, -0.15) is 28.4 Å². The van der Waals surface area contributed by atoms with Crippen LogP contribution in [0.3, 0.4) is 0 Å². The fourth-order valence-corrected chi connectivity index (χ4v) is 8.58. The van der Waals surface area contributed by atoms with Gasteiger partial charge in [0, 0.05) is 35.3 Å². The summed E-state index contributed by atoms with van der Waals surface area (Å²) in [6, 6.07) is 6.74. The smallest absolute Gasteiger partial charge is 0.420 e. The highest BCUT2D eigenvalue weighted by atomic mass is 32.1. The van der Waals surface area contributed by atoms with E-state index in [1.807, 2.05) is 6.07 Å². The van der Waals surface area contributed by atoms with E-state index < -0.39 is 64.1 Å². The van der Waals surface area contributed by atoms with E-state index in [0.29, 0.717) is 29.5 Å². The van der Waals surface area contributed by atoms with Crippen molar-refractivity contribution in [2.75, 3.05) is 43.1 Å². The molecule has 3 aliphatic heterocycles. The Morgan fingerprint density at radius 1 is 1.13 bits per heavy atom. The van der Waals surface area contributed by atoms with Gasteiger partial charge in [0.05, 0.1) is 35.3 Å². The molecule has 0 aliphatic carbocycles. The maximum atomic E-state index is 16.8. The second-order valence-electron chi connectivity index (χ2n) is 13.3. The summed E-state index contributed by atoms with van der Waals surface area (Å²) in [7, 11) is 1.23. The molecule has 4 unspecified atom stereocenters. The number of anilines is 3. The number of nitrogen functional groups attached to an aromatic ring is 2. The van der Waals surface area contributed by atoms with Crippen LogP contribution in [-0.4, -0.2) is 64.9 Å². The third-order valence-electron chi connectivity index (χ3n) is 9.96. The number of pyridine rings is 1. The first-order valence-corrected chi connectivity index (χ1v) is 17.7. The van der Waals surface area contributed by atoms with Crippen LogP contribution in [0.5, 0.6) is 11.8 Å². The maximum absolute atomic E-state index is 16.8. The lowest BCUT2D eigenvalue weighted by atomic mass is 9.91. The Bertz CT molecular complexity index is 2270. The molecule has 4 N–H and O–H groups in total. The zero-order chi connectivity index (χ0) is 37.9. The molecule has 5 aromatic rings. The Labute approximate surface area is 303 Å². The molecule has 0 bridgehead atoms. The van der Waals surface area contributed by atoms with Crippen LogP contribution in [0.1, 0.15) is 55.8 Å². The van der Waals surface area contributed by atoms with Gasteiger partial charge in [-0.1, -0.05) is 12.1 Å². The van der Waals surface area contributed by atoms with E-state index in [2.05, 4.69) is 19.9 Å². The van der Waals surface area contributed by atoms with Crippen molar-refractivity contribution in [3.63, 3.8) is 0 Å². The number of aromatic nitrogens is 3. The summed E-state index contributed by atoms with van der Waals surface area (Å²) in [5.41, 5.74) is 8.95. The van der Waals surface area contributed by atoms with E-state index in [1.54, 1.807) is 30.9 Å². The van der Waals surface area contributed by atoms with E-state index in [-0.39, 0.29) is 50.2 Å². The second kappa shape index (κ2) is 13.7. The Morgan fingerprint density at radius 3 is 2.58 bits per heavy atom. The molecule has 6 heterocycles. The maximum Gasteiger partial charge on any atom is 0.420 e. The molecule has 0 saturated carbocycles. The van der Waals surface area contributed by atoms with Crippen LogP contribution in [-0.2, 0) is 6.18 Å². The molecule has 53 heavy (non-hydrogen) atoms. The SMILES string of the molecule is COc1nc2c3c(c(C(F)(F)F)c(-c4ccc(F)c5sc(N)c(C#N)c45)c(F)c3n1)OC(C)CN2C(C)c1cccnc1N.FC1CC2CCCN2C1. The molecule has 8 rings (SSSR count). The van der Waals surface area contributed by atoms with Crippen LogP contribution < -0.4 is 25.8 Å². The van der Waals surface area contributed by atoms with Crippen LogP contribution in [0, 0.1) is 23.0 Å².